The molecule has 2 aliphatic heterocycles. The molecule has 0 fully saturated rings. The molecule has 9 heteroatoms. The van der Waals surface area contributed by atoms with Crippen molar-refractivity contribution in [3.05, 3.63) is 97.1 Å². The zero-order valence-corrected chi connectivity index (χ0v) is 23.0. The van der Waals surface area contributed by atoms with Crippen molar-refractivity contribution in [2.45, 2.75) is 0 Å². The third-order valence-corrected chi connectivity index (χ3v) is 7.46. The average molecular weight is 539 g/mol. The van der Waals surface area contributed by atoms with Crippen molar-refractivity contribution < 1.29 is 0 Å². The molecule has 0 amide bonds. The fourth-order valence-corrected chi connectivity index (χ4v) is 5.59. The summed E-state index contributed by atoms with van der Waals surface area (Å²) >= 11 is 0. The number of rotatable bonds is 0. The van der Waals surface area contributed by atoms with E-state index in [0.29, 0.717) is 45.9 Å². The summed E-state index contributed by atoms with van der Waals surface area (Å²) in [6, 6.07) is 32.2. The van der Waals surface area contributed by atoms with E-state index < -0.39 is 0 Å². The Balaban J connectivity index is 0.00000256. The summed E-state index contributed by atoms with van der Waals surface area (Å²) in [5.74, 6) is 2.33. The van der Waals surface area contributed by atoms with Gasteiger partial charge in [-0.2, -0.15) is 0 Å². The van der Waals surface area contributed by atoms with Crippen molar-refractivity contribution in [3.63, 3.8) is 0 Å². The van der Waals surface area contributed by atoms with Gasteiger partial charge in [-0.1, -0.05) is 97.1 Å². The Kier molecular flexibility index (Phi) is 5.25. The highest BCUT2D eigenvalue weighted by atomic mass is 24.3. The molecule has 0 atom stereocenters. The van der Waals surface area contributed by atoms with Gasteiger partial charge in [0, 0.05) is 66.9 Å². The van der Waals surface area contributed by atoms with E-state index in [0.717, 1.165) is 43.8 Å². The quantitative estimate of drug-likeness (QED) is 0.214. The molecule has 8 bridgehead atoms. The van der Waals surface area contributed by atoms with Gasteiger partial charge in [0.05, 0.1) is 0 Å². The number of hydrogen-bond donors (Lipinski definition) is 2. The van der Waals surface area contributed by atoms with Crippen LogP contribution in [0.3, 0.4) is 0 Å². The largest absolute Gasteiger partial charge is 0.324 e. The van der Waals surface area contributed by atoms with E-state index in [-0.39, 0.29) is 23.1 Å². The molecule has 8 nitrogen and oxygen atoms in total. The van der Waals surface area contributed by atoms with Gasteiger partial charge < -0.3 is 9.97 Å². The lowest BCUT2D eigenvalue weighted by atomic mass is 10.1. The number of aromatic nitrogens is 8. The van der Waals surface area contributed by atoms with Gasteiger partial charge >= 0.3 is 0 Å². The van der Waals surface area contributed by atoms with E-state index in [4.69, 9.17) is 29.9 Å². The smallest absolute Gasteiger partial charge is 0.164 e. The lowest BCUT2D eigenvalue weighted by Gasteiger charge is -1.98. The first-order valence-corrected chi connectivity index (χ1v) is 13.0. The molecule has 2 radical (unpaired) electrons. The monoisotopic (exact) mass is 538 g/mol. The van der Waals surface area contributed by atoms with Gasteiger partial charge in [-0.3, -0.25) is 0 Å². The van der Waals surface area contributed by atoms with Crippen LogP contribution in [0, 0.1) is 0 Å². The molecule has 188 valence electrons. The molecule has 0 spiro atoms. The van der Waals surface area contributed by atoms with Crippen molar-refractivity contribution in [2.75, 3.05) is 0 Å². The predicted molar refractivity (Wildman–Crippen MR) is 162 cm³/mol. The van der Waals surface area contributed by atoms with Crippen molar-refractivity contribution in [2.24, 2.45) is 0 Å². The zero-order chi connectivity index (χ0) is 26.2. The number of nitrogens with one attached hydrogen (secondary N) is 2. The Bertz CT molecular complexity index is 2190. The van der Waals surface area contributed by atoms with Gasteiger partial charge in [0.15, 0.2) is 23.3 Å². The Morgan fingerprint density at radius 1 is 0.317 bits per heavy atom. The molecule has 4 aromatic carbocycles. The van der Waals surface area contributed by atoms with Crippen LogP contribution in [0.4, 0.5) is 0 Å². The van der Waals surface area contributed by atoms with Crippen molar-refractivity contribution in [3.8, 4) is 45.6 Å². The molecule has 0 aliphatic carbocycles. The summed E-state index contributed by atoms with van der Waals surface area (Å²) in [5.41, 5.74) is 6.46. The predicted octanol–water partition coefficient (Wildman–Crippen LogP) is 6.49. The third kappa shape index (κ3) is 3.59. The number of hydrogen-bond acceptors (Lipinski definition) is 6. The van der Waals surface area contributed by atoms with Crippen LogP contribution in [0.25, 0.3) is 89.7 Å². The van der Waals surface area contributed by atoms with Crippen LogP contribution in [0.15, 0.2) is 97.1 Å². The molecule has 0 saturated carbocycles. The van der Waals surface area contributed by atoms with Crippen molar-refractivity contribution >= 4 is 67.2 Å². The second kappa shape index (κ2) is 9.02. The summed E-state index contributed by atoms with van der Waals surface area (Å²) in [4.78, 5) is 36.8. The second-order valence-electron chi connectivity index (χ2n) is 9.79. The molecule has 2 aliphatic rings. The average Bonchev–Trinajstić information content (AvgIpc) is 3.73. The second-order valence-corrected chi connectivity index (χ2v) is 9.79. The van der Waals surface area contributed by atoms with Crippen LogP contribution in [0.5, 0.6) is 0 Å². The van der Waals surface area contributed by atoms with Crippen LogP contribution in [-0.4, -0.2) is 62.9 Å². The number of H-pyrrole nitrogens is 2. The molecule has 7 aromatic rings. The Labute approximate surface area is 248 Å². The number of fused-ring (bicyclic) bond motifs is 20. The fourth-order valence-electron chi connectivity index (χ4n) is 5.59. The zero-order valence-electron chi connectivity index (χ0n) is 21.6. The van der Waals surface area contributed by atoms with Gasteiger partial charge in [-0.15, -0.1) is 0 Å². The highest BCUT2D eigenvalue weighted by Crippen LogP contribution is 2.37. The van der Waals surface area contributed by atoms with Gasteiger partial charge in [-0.25, -0.2) is 29.9 Å². The first-order valence-electron chi connectivity index (χ1n) is 13.0. The summed E-state index contributed by atoms with van der Waals surface area (Å²) < 4.78 is 0. The minimum Gasteiger partial charge on any atom is -0.324 e. The molecule has 5 heterocycles. The topological polar surface area (TPSA) is 109 Å². The normalized spacial score (nSPS) is 11.7. The maximum Gasteiger partial charge on any atom is 0.164 e. The van der Waals surface area contributed by atoms with Crippen LogP contribution in [0.1, 0.15) is 0 Å². The SMILES string of the molecule is [Mg].c1ccc2c(c1)-c1nc3nc(nc4[nH]c(nc5[nH]c(nc-2n1)c1ccccc51)c1ccccc41)-c1ccccc1-3. The maximum atomic E-state index is 5.06. The Morgan fingerprint density at radius 2 is 0.585 bits per heavy atom. The lowest BCUT2D eigenvalue weighted by Crippen LogP contribution is -1.84. The number of benzene rings is 4. The molecular weight excluding hydrogens is 521 g/mol. The molecule has 9 rings (SSSR count). The van der Waals surface area contributed by atoms with E-state index in [1.807, 2.05) is 97.1 Å². The van der Waals surface area contributed by atoms with Crippen LogP contribution >= 0.6 is 0 Å². The Hall–Kier alpha value is -4.99. The molecule has 41 heavy (non-hydrogen) atoms. The Morgan fingerprint density at radius 3 is 0.927 bits per heavy atom. The number of aromatic amines is 2. The van der Waals surface area contributed by atoms with Gasteiger partial charge in [-0.05, 0) is 0 Å². The third-order valence-electron chi connectivity index (χ3n) is 7.46. The van der Waals surface area contributed by atoms with Gasteiger partial charge in [0.25, 0.3) is 0 Å². The summed E-state index contributed by atoms with van der Waals surface area (Å²) in [6.07, 6.45) is 0. The lowest BCUT2D eigenvalue weighted by molar-refractivity contribution is 1.17. The van der Waals surface area contributed by atoms with E-state index in [9.17, 15) is 0 Å². The van der Waals surface area contributed by atoms with Crippen LogP contribution < -0.4 is 0 Å². The first kappa shape index (κ1) is 23.9. The number of nitrogens with zero attached hydrogens (tertiary/aromatic N) is 6. The molecule has 0 saturated heterocycles. The van der Waals surface area contributed by atoms with E-state index in [1.165, 1.54) is 0 Å². The van der Waals surface area contributed by atoms with E-state index in [2.05, 4.69) is 9.97 Å². The standard InChI is InChI=1S/C32H18N8.Mg/c1-2-10-18-17(9-1)25-33-26(18)38-28-21-13-5-6-14-22(21)30(35-28)40-32-24-16-8-7-15-23(24)31(36-32)39-29-20-12-4-3-11-19(20)27(34-29)37-25;/h1-16H,(H2,33,34,35,36,37,38,39,40);. The van der Waals surface area contributed by atoms with Crippen molar-refractivity contribution in [1.29, 1.82) is 0 Å². The molecule has 3 aromatic heterocycles. The minimum atomic E-state index is 0. The van der Waals surface area contributed by atoms with E-state index in [1.54, 1.807) is 0 Å². The highest BCUT2D eigenvalue weighted by molar-refractivity contribution is 6.07. The van der Waals surface area contributed by atoms with E-state index >= 15 is 0 Å². The molecule has 2 N–H and O–H groups in total. The minimum absolute atomic E-state index is 0. The molecular formula is C32H18MgN8. The highest BCUT2D eigenvalue weighted by Gasteiger charge is 2.23. The summed E-state index contributed by atoms with van der Waals surface area (Å²) in [5, 5.41) is 3.86. The fraction of sp³-hybridized carbons (Fsp3) is 0. The van der Waals surface area contributed by atoms with Gasteiger partial charge in [0.1, 0.15) is 22.6 Å². The maximum absolute atomic E-state index is 5.06. The summed E-state index contributed by atoms with van der Waals surface area (Å²) in [6.45, 7) is 0. The first-order chi connectivity index (χ1) is 19.8. The van der Waals surface area contributed by atoms with Crippen LogP contribution in [-0.2, 0) is 0 Å². The summed E-state index contributed by atoms with van der Waals surface area (Å²) in [7, 11) is 0. The van der Waals surface area contributed by atoms with Crippen LogP contribution in [0.2, 0.25) is 0 Å². The van der Waals surface area contributed by atoms with Crippen molar-refractivity contribution in [1.82, 2.24) is 39.9 Å². The molecule has 0 unspecified atom stereocenters. The van der Waals surface area contributed by atoms with Gasteiger partial charge in [0.2, 0.25) is 0 Å².